The number of ether oxygens (including phenoxy) is 2. The van der Waals surface area contributed by atoms with Crippen molar-refractivity contribution >= 4 is 17.3 Å². The average Bonchev–Trinajstić information content (AvgIpc) is 2.83. The number of anilines is 2. The number of para-hydroxylation sites is 2. The SMILES string of the molecule is O=C(C1CCC1)N1c2ccccc2CCC1CN1CCN(c2cccc3c2OCCO3)CC1. The Morgan fingerprint density at radius 1 is 0.879 bits per heavy atom. The lowest BCUT2D eigenvalue weighted by molar-refractivity contribution is -0.125. The van der Waals surface area contributed by atoms with E-state index in [1.165, 1.54) is 12.0 Å². The molecule has 6 nitrogen and oxygen atoms in total. The minimum atomic E-state index is 0.224. The van der Waals surface area contributed by atoms with Crippen LogP contribution in [-0.2, 0) is 11.2 Å². The highest BCUT2D eigenvalue weighted by atomic mass is 16.6. The van der Waals surface area contributed by atoms with E-state index in [-0.39, 0.29) is 12.0 Å². The van der Waals surface area contributed by atoms with E-state index in [9.17, 15) is 4.79 Å². The molecule has 0 radical (unpaired) electrons. The van der Waals surface area contributed by atoms with Gasteiger partial charge in [-0.05, 0) is 49.4 Å². The van der Waals surface area contributed by atoms with Gasteiger partial charge in [-0.25, -0.2) is 0 Å². The third kappa shape index (κ3) is 3.95. The van der Waals surface area contributed by atoms with Crippen LogP contribution in [0.3, 0.4) is 0 Å². The maximum Gasteiger partial charge on any atom is 0.230 e. The molecule has 1 atom stereocenters. The molecule has 1 unspecified atom stereocenters. The number of benzene rings is 2. The first kappa shape index (κ1) is 20.8. The Kier molecular flexibility index (Phi) is 5.62. The Balaban J connectivity index is 1.15. The lowest BCUT2D eigenvalue weighted by Gasteiger charge is -2.44. The van der Waals surface area contributed by atoms with Crippen LogP contribution >= 0.6 is 0 Å². The fraction of sp³-hybridized carbons (Fsp3) is 0.519. The molecule has 6 rings (SSSR count). The normalized spacial score (nSPS) is 23.1. The molecule has 3 aliphatic heterocycles. The van der Waals surface area contributed by atoms with Crippen LogP contribution in [0.4, 0.5) is 11.4 Å². The Morgan fingerprint density at radius 3 is 2.48 bits per heavy atom. The first-order valence-electron chi connectivity index (χ1n) is 12.5. The molecule has 0 bridgehead atoms. The molecule has 2 fully saturated rings. The maximum atomic E-state index is 13.4. The van der Waals surface area contributed by atoms with Crippen LogP contribution in [0.15, 0.2) is 42.5 Å². The molecule has 33 heavy (non-hydrogen) atoms. The lowest BCUT2D eigenvalue weighted by Crippen LogP contribution is -2.55. The molecule has 2 aromatic carbocycles. The quantitative estimate of drug-likeness (QED) is 0.715. The molecule has 1 saturated carbocycles. The van der Waals surface area contributed by atoms with E-state index in [1.807, 2.05) is 6.07 Å². The summed E-state index contributed by atoms with van der Waals surface area (Å²) >= 11 is 0. The lowest BCUT2D eigenvalue weighted by atomic mass is 9.82. The smallest absolute Gasteiger partial charge is 0.230 e. The summed E-state index contributed by atoms with van der Waals surface area (Å²) in [5.74, 6) is 2.32. The van der Waals surface area contributed by atoms with E-state index in [0.29, 0.717) is 19.1 Å². The maximum absolute atomic E-state index is 13.4. The molecular weight excluding hydrogens is 414 g/mol. The molecule has 4 aliphatic rings. The number of carbonyl (C=O) groups excluding carboxylic acids is 1. The van der Waals surface area contributed by atoms with Crippen molar-refractivity contribution in [3.05, 3.63) is 48.0 Å². The number of fused-ring (bicyclic) bond motifs is 2. The summed E-state index contributed by atoms with van der Waals surface area (Å²) in [7, 11) is 0. The van der Waals surface area contributed by atoms with Crippen molar-refractivity contribution in [3.8, 4) is 11.5 Å². The van der Waals surface area contributed by atoms with Gasteiger partial charge in [0.25, 0.3) is 0 Å². The molecular formula is C27H33N3O3. The highest BCUT2D eigenvalue weighted by molar-refractivity contribution is 5.97. The van der Waals surface area contributed by atoms with Crippen molar-refractivity contribution in [3.63, 3.8) is 0 Å². The van der Waals surface area contributed by atoms with Gasteiger partial charge in [-0.3, -0.25) is 9.69 Å². The molecule has 1 amide bonds. The minimum Gasteiger partial charge on any atom is -0.486 e. The molecule has 1 aliphatic carbocycles. The predicted molar refractivity (Wildman–Crippen MR) is 129 cm³/mol. The number of nitrogens with zero attached hydrogens (tertiary/aromatic N) is 3. The van der Waals surface area contributed by atoms with Crippen molar-refractivity contribution in [2.75, 3.05) is 55.7 Å². The van der Waals surface area contributed by atoms with Crippen LogP contribution in [0.5, 0.6) is 11.5 Å². The van der Waals surface area contributed by atoms with Gasteiger partial charge in [0.05, 0.1) is 5.69 Å². The summed E-state index contributed by atoms with van der Waals surface area (Å²) in [5.41, 5.74) is 3.61. The van der Waals surface area contributed by atoms with E-state index in [1.54, 1.807) is 0 Å². The molecule has 1 saturated heterocycles. The predicted octanol–water partition coefficient (Wildman–Crippen LogP) is 3.73. The molecule has 6 heteroatoms. The fourth-order valence-electron chi connectivity index (χ4n) is 5.71. The van der Waals surface area contributed by atoms with Gasteiger partial charge in [0, 0.05) is 50.4 Å². The van der Waals surface area contributed by atoms with E-state index < -0.39 is 0 Å². The van der Waals surface area contributed by atoms with Gasteiger partial charge < -0.3 is 19.3 Å². The Labute approximate surface area is 196 Å². The standard InChI is InChI=1S/C27H33N3O3/c31-27(21-6-3-7-21)30-22(12-11-20-5-1-2-8-23(20)30)19-28-13-15-29(16-14-28)24-9-4-10-25-26(24)33-18-17-32-25/h1-2,4-5,8-10,21-22H,3,6-7,11-19H2. The van der Waals surface area contributed by atoms with Crippen molar-refractivity contribution in [2.45, 2.75) is 38.1 Å². The molecule has 0 N–H and O–H groups in total. The van der Waals surface area contributed by atoms with Gasteiger partial charge in [-0.1, -0.05) is 30.7 Å². The topological polar surface area (TPSA) is 45.3 Å². The van der Waals surface area contributed by atoms with Crippen LogP contribution in [0.25, 0.3) is 0 Å². The van der Waals surface area contributed by atoms with Gasteiger partial charge in [-0.15, -0.1) is 0 Å². The second-order valence-corrected chi connectivity index (χ2v) is 9.75. The Bertz CT molecular complexity index is 1010. The van der Waals surface area contributed by atoms with Crippen LogP contribution in [-0.4, -0.2) is 62.8 Å². The van der Waals surface area contributed by atoms with Gasteiger partial charge >= 0.3 is 0 Å². The van der Waals surface area contributed by atoms with E-state index in [0.717, 1.165) is 81.3 Å². The van der Waals surface area contributed by atoms with Crippen LogP contribution in [0, 0.1) is 5.92 Å². The summed E-state index contributed by atoms with van der Waals surface area (Å²) in [4.78, 5) is 20.6. The zero-order valence-electron chi connectivity index (χ0n) is 19.2. The monoisotopic (exact) mass is 447 g/mol. The first-order valence-corrected chi connectivity index (χ1v) is 12.5. The zero-order chi connectivity index (χ0) is 22.2. The van der Waals surface area contributed by atoms with E-state index in [4.69, 9.17) is 9.47 Å². The van der Waals surface area contributed by atoms with Gasteiger partial charge in [0.15, 0.2) is 11.5 Å². The molecule has 174 valence electrons. The van der Waals surface area contributed by atoms with E-state index in [2.05, 4.69) is 51.1 Å². The number of hydrogen-bond donors (Lipinski definition) is 0. The molecule has 2 aromatic rings. The highest BCUT2D eigenvalue weighted by Gasteiger charge is 2.38. The number of carbonyl (C=O) groups is 1. The van der Waals surface area contributed by atoms with Crippen molar-refractivity contribution in [2.24, 2.45) is 5.92 Å². The van der Waals surface area contributed by atoms with Gasteiger partial charge in [0.1, 0.15) is 13.2 Å². The number of piperazine rings is 1. The number of hydrogen-bond acceptors (Lipinski definition) is 5. The Morgan fingerprint density at radius 2 is 1.67 bits per heavy atom. The average molecular weight is 448 g/mol. The largest absolute Gasteiger partial charge is 0.486 e. The van der Waals surface area contributed by atoms with Crippen molar-refractivity contribution in [1.82, 2.24) is 4.90 Å². The summed E-state index contributed by atoms with van der Waals surface area (Å²) in [6.07, 6.45) is 5.40. The molecule has 0 aromatic heterocycles. The summed E-state index contributed by atoms with van der Waals surface area (Å²) < 4.78 is 11.7. The highest BCUT2D eigenvalue weighted by Crippen LogP contribution is 2.40. The third-order valence-corrected chi connectivity index (χ3v) is 7.78. The minimum absolute atomic E-state index is 0.224. The molecule has 0 spiro atoms. The van der Waals surface area contributed by atoms with Crippen molar-refractivity contribution in [1.29, 1.82) is 0 Å². The van der Waals surface area contributed by atoms with Crippen LogP contribution in [0.2, 0.25) is 0 Å². The van der Waals surface area contributed by atoms with Gasteiger partial charge in [0.2, 0.25) is 5.91 Å². The van der Waals surface area contributed by atoms with Crippen LogP contribution in [0.1, 0.15) is 31.2 Å². The van der Waals surface area contributed by atoms with Crippen LogP contribution < -0.4 is 19.3 Å². The number of amides is 1. The Hall–Kier alpha value is -2.73. The first-order chi connectivity index (χ1) is 16.3. The third-order valence-electron chi connectivity index (χ3n) is 7.78. The second kappa shape index (κ2) is 8.90. The van der Waals surface area contributed by atoms with Crippen molar-refractivity contribution < 1.29 is 14.3 Å². The zero-order valence-corrected chi connectivity index (χ0v) is 19.2. The van der Waals surface area contributed by atoms with E-state index >= 15 is 0 Å². The fourth-order valence-corrected chi connectivity index (χ4v) is 5.71. The molecule has 3 heterocycles. The van der Waals surface area contributed by atoms with Gasteiger partial charge in [-0.2, -0.15) is 0 Å². The summed E-state index contributed by atoms with van der Waals surface area (Å²) in [6.45, 7) is 6.08. The summed E-state index contributed by atoms with van der Waals surface area (Å²) in [5, 5.41) is 0. The second-order valence-electron chi connectivity index (χ2n) is 9.75. The summed E-state index contributed by atoms with van der Waals surface area (Å²) in [6, 6.07) is 15.0. The number of rotatable bonds is 4. The number of aryl methyl sites for hydroxylation is 1.